The molecule has 1 N–H and O–H groups in total. The Hall–Kier alpha value is -4.13. The summed E-state index contributed by atoms with van der Waals surface area (Å²) in [5, 5.41) is 14.4. The van der Waals surface area contributed by atoms with E-state index >= 15 is 0 Å². The zero-order valence-corrected chi connectivity index (χ0v) is 29.0. The molecule has 0 spiro atoms. The first kappa shape index (κ1) is 37.1. The van der Waals surface area contributed by atoms with E-state index in [1.54, 1.807) is 26.0 Å². The van der Waals surface area contributed by atoms with Gasteiger partial charge in [-0.05, 0) is 49.2 Å². The summed E-state index contributed by atoms with van der Waals surface area (Å²) in [5.41, 5.74) is -0.267. The summed E-state index contributed by atoms with van der Waals surface area (Å²) < 4.78 is 83.6. The summed E-state index contributed by atoms with van der Waals surface area (Å²) >= 11 is 29.9. The van der Waals surface area contributed by atoms with E-state index in [0.717, 1.165) is 0 Å². The highest BCUT2D eigenvalue weighted by molar-refractivity contribution is 6.42. The third kappa shape index (κ3) is 7.47. The molecular weight excluding hydrogens is 772 g/mol. The molecule has 0 unspecified atom stereocenters. The molecule has 256 valence electrons. The molecule has 0 aliphatic rings. The number of nitrogens with zero attached hydrogens (tertiary/aromatic N) is 3. The SMILES string of the molecule is Cc1n[nH]c(=O)c(-c2c(F)cc(F)cc2F)c1-c1ccc(Cl)c(Cl)c1.Cc1nnc(Cl)c(-c2c(F)cc(F)cc2F)c1-c1ccc(Cl)c(Cl)c1. The van der Waals surface area contributed by atoms with Gasteiger partial charge in [-0.15, -0.1) is 5.10 Å². The minimum absolute atomic E-state index is 0.0393. The summed E-state index contributed by atoms with van der Waals surface area (Å²) in [6.07, 6.45) is 0. The molecule has 2 aromatic heterocycles. The third-order valence-electron chi connectivity index (χ3n) is 7.20. The van der Waals surface area contributed by atoms with Crippen molar-refractivity contribution in [2.45, 2.75) is 13.8 Å². The van der Waals surface area contributed by atoms with Crippen LogP contribution in [0, 0.1) is 48.8 Å². The van der Waals surface area contributed by atoms with Crippen LogP contribution in [0.25, 0.3) is 44.5 Å². The average molecular weight is 789 g/mol. The largest absolute Gasteiger partial charge is 0.272 e. The second kappa shape index (κ2) is 15.0. The van der Waals surface area contributed by atoms with Crippen LogP contribution in [0.1, 0.15) is 11.4 Å². The van der Waals surface area contributed by atoms with Crippen LogP contribution in [0.4, 0.5) is 26.3 Å². The number of aryl methyl sites for hydroxylation is 2. The van der Waals surface area contributed by atoms with Gasteiger partial charge in [0.25, 0.3) is 5.56 Å². The molecule has 50 heavy (non-hydrogen) atoms. The predicted octanol–water partition coefficient (Wildman–Crippen LogP) is 11.6. The fraction of sp³-hybridized carbons (Fsp3) is 0.0588. The van der Waals surface area contributed by atoms with E-state index in [-0.39, 0.29) is 36.9 Å². The van der Waals surface area contributed by atoms with Crippen molar-refractivity contribution in [3.8, 4) is 44.5 Å². The molecule has 6 rings (SSSR count). The number of hydrogen-bond donors (Lipinski definition) is 1. The zero-order chi connectivity index (χ0) is 36.6. The van der Waals surface area contributed by atoms with Crippen molar-refractivity contribution in [1.82, 2.24) is 20.4 Å². The molecule has 0 fully saturated rings. The van der Waals surface area contributed by atoms with Crippen molar-refractivity contribution in [3.63, 3.8) is 0 Å². The summed E-state index contributed by atoms with van der Waals surface area (Å²) in [7, 11) is 0. The Balaban J connectivity index is 0.000000194. The zero-order valence-electron chi connectivity index (χ0n) is 25.2. The van der Waals surface area contributed by atoms with Crippen molar-refractivity contribution in [2.24, 2.45) is 0 Å². The molecule has 4 aromatic carbocycles. The number of halogens is 11. The Morgan fingerprint density at radius 3 is 1.36 bits per heavy atom. The number of aromatic amines is 1. The summed E-state index contributed by atoms with van der Waals surface area (Å²) in [6, 6.07) is 11.3. The van der Waals surface area contributed by atoms with E-state index in [9.17, 15) is 31.1 Å². The van der Waals surface area contributed by atoms with Crippen LogP contribution in [0.3, 0.4) is 0 Å². The maximum absolute atomic E-state index is 14.3. The first-order valence-electron chi connectivity index (χ1n) is 13.9. The molecule has 16 heteroatoms. The topological polar surface area (TPSA) is 71.5 Å². The number of rotatable bonds is 4. The Morgan fingerprint density at radius 2 is 0.920 bits per heavy atom. The van der Waals surface area contributed by atoms with Gasteiger partial charge in [-0.2, -0.15) is 10.2 Å². The molecule has 0 saturated carbocycles. The number of hydrogen-bond acceptors (Lipinski definition) is 4. The predicted molar refractivity (Wildman–Crippen MR) is 183 cm³/mol. The van der Waals surface area contributed by atoms with Gasteiger partial charge in [-0.1, -0.05) is 70.1 Å². The Morgan fingerprint density at radius 1 is 0.500 bits per heavy atom. The quantitative estimate of drug-likeness (QED) is 0.181. The Labute approximate surface area is 304 Å². The summed E-state index contributed by atoms with van der Waals surface area (Å²) in [6.45, 7) is 3.15. The minimum atomic E-state index is -1.20. The normalized spacial score (nSPS) is 11.0. The van der Waals surface area contributed by atoms with Crippen molar-refractivity contribution in [1.29, 1.82) is 0 Å². The fourth-order valence-corrected chi connectivity index (χ4v) is 5.91. The van der Waals surface area contributed by atoms with E-state index in [1.165, 1.54) is 24.3 Å². The lowest BCUT2D eigenvalue weighted by atomic mass is 9.94. The van der Waals surface area contributed by atoms with Crippen LogP contribution in [0.2, 0.25) is 25.2 Å². The van der Waals surface area contributed by atoms with E-state index in [4.69, 9.17) is 58.0 Å². The summed E-state index contributed by atoms with van der Waals surface area (Å²) in [5.74, 6) is -6.73. The van der Waals surface area contributed by atoms with Crippen LogP contribution < -0.4 is 5.56 Å². The second-order valence-electron chi connectivity index (χ2n) is 10.5. The van der Waals surface area contributed by atoms with Gasteiger partial charge >= 0.3 is 0 Å². The first-order valence-corrected chi connectivity index (χ1v) is 15.8. The molecule has 6 aromatic rings. The highest BCUT2D eigenvalue weighted by Crippen LogP contribution is 2.42. The monoisotopic (exact) mass is 786 g/mol. The maximum atomic E-state index is 14.3. The van der Waals surface area contributed by atoms with Crippen molar-refractivity contribution < 1.29 is 26.3 Å². The number of nitrogens with one attached hydrogen (secondary N) is 1. The molecule has 0 bridgehead atoms. The van der Waals surface area contributed by atoms with E-state index in [2.05, 4.69) is 20.4 Å². The van der Waals surface area contributed by atoms with Gasteiger partial charge in [0.1, 0.15) is 34.9 Å². The fourth-order valence-electron chi connectivity index (χ4n) is 5.08. The van der Waals surface area contributed by atoms with Gasteiger partial charge in [0, 0.05) is 41.0 Å². The molecule has 0 saturated heterocycles. The highest BCUT2D eigenvalue weighted by atomic mass is 35.5. The van der Waals surface area contributed by atoms with Gasteiger partial charge in [-0.3, -0.25) is 4.79 Å². The molecule has 0 amide bonds. The van der Waals surface area contributed by atoms with Gasteiger partial charge in [0.05, 0.1) is 48.2 Å². The second-order valence-corrected chi connectivity index (χ2v) is 12.4. The van der Waals surface area contributed by atoms with Crippen LogP contribution in [-0.4, -0.2) is 20.4 Å². The highest BCUT2D eigenvalue weighted by Gasteiger charge is 2.25. The molecule has 0 atom stereocenters. The van der Waals surface area contributed by atoms with Gasteiger partial charge in [0.15, 0.2) is 5.15 Å². The van der Waals surface area contributed by atoms with Crippen molar-refractivity contribution in [2.75, 3.05) is 0 Å². The van der Waals surface area contributed by atoms with Crippen LogP contribution in [0.15, 0.2) is 65.5 Å². The maximum Gasteiger partial charge on any atom is 0.272 e. The number of aromatic nitrogens is 4. The van der Waals surface area contributed by atoms with Crippen molar-refractivity contribution in [3.05, 3.63) is 143 Å². The van der Waals surface area contributed by atoms with Gasteiger partial charge in [-0.25, -0.2) is 31.4 Å². The van der Waals surface area contributed by atoms with Gasteiger partial charge < -0.3 is 0 Å². The molecule has 0 radical (unpaired) electrons. The number of H-pyrrole nitrogens is 1. The van der Waals surface area contributed by atoms with E-state index < -0.39 is 51.6 Å². The minimum Gasteiger partial charge on any atom is -0.267 e. The molecule has 2 heterocycles. The number of benzene rings is 4. The first-order chi connectivity index (χ1) is 23.6. The molecule has 0 aliphatic carbocycles. The summed E-state index contributed by atoms with van der Waals surface area (Å²) in [4.78, 5) is 12.3. The third-order valence-corrected chi connectivity index (χ3v) is 8.94. The lowest BCUT2D eigenvalue weighted by molar-refractivity contribution is 0.546. The standard InChI is InChI=1S/C17H8Cl3F3N2.C17H9Cl2F3N2O/c1-7-14(8-2-3-10(18)11(19)4-8)16(17(20)25-24-7)15-12(22)5-9(21)6-13(15)23;1-7-14(8-2-3-10(18)11(19)4-8)16(17(25)24-23-7)15-12(21)5-9(20)6-13(15)22/h2-6H,1H3;2-6H,1H3,(H,24,25). The van der Waals surface area contributed by atoms with Gasteiger partial charge in [0.2, 0.25) is 0 Å². The van der Waals surface area contributed by atoms with E-state index in [0.29, 0.717) is 57.4 Å². The smallest absolute Gasteiger partial charge is 0.267 e. The molecule has 5 nitrogen and oxygen atoms in total. The van der Waals surface area contributed by atoms with E-state index in [1.807, 2.05) is 0 Å². The molecule has 0 aliphatic heterocycles. The Bertz CT molecular complexity index is 2330. The Kier molecular flexibility index (Phi) is 11.1. The lowest BCUT2D eigenvalue weighted by Crippen LogP contribution is -2.16. The van der Waals surface area contributed by atoms with Crippen molar-refractivity contribution >= 4 is 58.0 Å². The lowest BCUT2D eigenvalue weighted by Gasteiger charge is -2.15. The van der Waals surface area contributed by atoms with Crippen LogP contribution >= 0.6 is 58.0 Å². The van der Waals surface area contributed by atoms with Crippen LogP contribution in [-0.2, 0) is 0 Å². The average Bonchev–Trinajstić information content (AvgIpc) is 3.03. The molecular formula is C34H17Cl5F6N4O. The van der Waals surface area contributed by atoms with Crippen LogP contribution in [0.5, 0.6) is 0 Å².